The highest BCUT2D eigenvalue weighted by molar-refractivity contribution is 7.18. The molecule has 3 atom stereocenters. The molecule has 0 unspecified atom stereocenters. The molecule has 1 fully saturated rings. The third-order valence-corrected chi connectivity index (χ3v) is 8.22. The molecule has 3 amide bonds. The van der Waals surface area contributed by atoms with Crippen LogP contribution in [0, 0.1) is 5.92 Å². The Kier molecular flexibility index (Phi) is 11.1. The molecule has 0 saturated carbocycles. The molecule has 3 N–H and O–H groups in total. The molecular formula is C27H39ClN6O3S. The SMILES string of the molecule is C=C(CN1CCN(C)CC1)C(=O)NC[C@@H](NC(=O)[C@H](Cc1nc2ccc(Cl)cc2s1)NC(C)=O)[C@@H](C)CC. The molecule has 0 bridgehead atoms. The average molecular weight is 563 g/mol. The number of piperazine rings is 1. The number of aromatic nitrogens is 1. The van der Waals surface area contributed by atoms with Crippen molar-refractivity contribution in [3.8, 4) is 0 Å². The number of rotatable bonds is 12. The van der Waals surface area contributed by atoms with E-state index in [1.807, 2.05) is 26.0 Å². The van der Waals surface area contributed by atoms with Gasteiger partial charge in [-0.2, -0.15) is 0 Å². The lowest BCUT2D eigenvalue weighted by Crippen LogP contribution is -2.54. The summed E-state index contributed by atoms with van der Waals surface area (Å²) in [4.78, 5) is 47.1. The van der Waals surface area contributed by atoms with Gasteiger partial charge in [-0.1, -0.05) is 38.4 Å². The molecule has 3 rings (SSSR count). The van der Waals surface area contributed by atoms with Crippen LogP contribution in [0.4, 0.5) is 0 Å². The number of nitrogens with zero attached hydrogens (tertiary/aromatic N) is 3. The van der Waals surface area contributed by atoms with E-state index in [4.69, 9.17) is 11.6 Å². The van der Waals surface area contributed by atoms with Crippen LogP contribution in [-0.4, -0.2) is 90.9 Å². The van der Waals surface area contributed by atoms with Crippen LogP contribution in [0.25, 0.3) is 10.2 Å². The van der Waals surface area contributed by atoms with Gasteiger partial charge in [0.2, 0.25) is 17.7 Å². The van der Waals surface area contributed by atoms with Crippen LogP contribution >= 0.6 is 22.9 Å². The molecule has 2 aromatic rings. The molecule has 1 saturated heterocycles. The van der Waals surface area contributed by atoms with Gasteiger partial charge in [0.15, 0.2) is 0 Å². The minimum Gasteiger partial charge on any atom is -0.350 e. The topological polar surface area (TPSA) is 107 Å². The van der Waals surface area contributed by atoms with Crippen LogP contribution in [0.5, 0.6) is 0 Å². The van der Waals surface area contributed by atoms with Crippen molar-refractivity contribution in [2.75, 3.05) is 46.3 Å². The first kappa shape index (κ1) is 30.0. The molecule has 9 nitrogen and oxygen atoms in total. The maximum atomic E-state index is 13.3. The molecule has 11 heteroatoms. The number of benzene rings is 1. The van der Waals surface area contributed by atoms with E-state index in [1.54, 1.807) is 6.07 Å². The van der Waals surface area contributed by atoms with Crippen molar-refractivity contribution in [3.63, 3.8) is 0 Å². The predicted molar refractivity (Wildman–Crippen MR) is 153 cm³/mol. The highest BCUT2D eigenvalue weighted by atomic mass is 35.5. The number of hydrogen-bond donors (Lipinski definition) is 3. The Labute approximate surface area is 234 Å². The summed E-state index contributed by atoms with van der Waals surface area (Å²) >= 11 is 7.54. The van der Waals surface area contributed by atoms with Crippen LogP contribution in [-0.2, 0) is 20.8 Å². The maximum Gasteiger partial charge on any atom is 0.247 e. The van der Waals surface area contributed by atoms with Gasteiger partial charge in [0.25, 0.3) is 0 Å². The summed E-state index contributed by atoms with van der Waals surface area (Å²) in [7, 11) is 2.09. The number of halogens is 1. The fourth-order valence-corrected chi connectivity index (χ4v) is 5.59. The molecule has 1 aliphatic heterocycles. The van der Waals surface area contributed by atoms with E-state index < -0.39 is 6.04 Å². The third kappa shape index (κ3) is 8.76. The second kappa shape index (κ2) is 14.0. The normalized spacial score (nSPS) is 17.0. The van der Waals surface area contributed by atoms with E-state index >= 15 is 0 Å². The number of nitrogens with one attached hydrogen (secondary N) is 3. The van der Waals surface area contributed by atoms with Gasteiger partial charge >= 0.3 is 0 Å². The molecule has 0 aliphatic carbocycles. The summed E-state index contributed by atoms with van der Waals surface area (Å²) in [5.41, 5.74) is 1.31. The number of amides is 3. The van der Waals surface area contributed by atoms with E-state index in [1.165, 1.54) is 18.3 Å². The number of likely N-dealkylation sites (N-methyl/N-ethyl adjacent to an activating group) is 1. The van der Waals surface area contributed by atoms with Crippen molar-refractivity contribution in [2.45, 2.75) is 45.7 Å². The van der Waals surface area contributed by atoms with Gasteiger partial charge < -0.3 is 20.9 Å². The molecule has 1 aromatic heterocycles. The number of carbonyl (C=O) groups excluding carboxylic acids is 3. The molecular weight excluding hydrogens is 524 g/mol. The summed E-state index contributed by atoms with van der Waals surface area (Å²) in [5, 5.41) is 10.1. The summed E-state index contributed by atoms with van der Waals surface area (Å²) in [5.74, 6) is -0.720. The minimum absolute atomic E-state index is 0.104. The second-order valence-electron chi connectivity index (χ2n) is 10.1. The van der Waals surface area contributed by atoms with Crippen molar-refractivity contribution < 1.29 is 14.4 Å². The number of thiazole rings is 1. The van der Waals surface area contributed by atoms with Gasteiger partial charge in [-0.3, -0.25) is 19.3 Å². The summed E-state index contributed by atoms with van der Waals surface area (Å²) in [6.07, 6.45) is 1.07. The lowest BCUT2D eigenvalue weighted by atomic mass is 9.98. The van der Waals surface area contributed by atoms with Gasteiger partial charge in [-0.25, -0.2) is 4.98 Å². The molecule has 2 heterocycles. The van der Waals surface area contributed by atoms with Crippen LogP contribution in [0.15, 0.2) is 30.4 Å². The van der Waals surface area contributed by atoms with Crippen LogP contribution in [0.3, 0.4) is 0 Å². The molecule has 208 valence electrons. The van der Waals surface area contributed by atoms with Crippen LogP contribution in [0.1, 0.15) is 32.2 Å². The maximum absolute atomic E-state index is 13.3. The zero-order chi connectivity index (χ0) is 27.8. The van der Waals surface area contributed by atoms with E-state index in [-0.39, 0.29) is 42.6 Å². The Bertz CT molecular complexity index is 1150. The van der Waals surface area contributed by atoms with Gasteiger partial charge in [0.05, 0.1) is 15.2 Å². The Morgan fingerprint density at radius 3 is 2.55 bits per heavy atom. The molecule has 1 aliphatic rings. The Morgan fingerprint density at radius 1 is 1.18 bits per heavy atom. The van der Waals surface area contributed by atoms with Gasteiger partial charge in [-0.05, 0) is 31.2 Å². The minimum atomic E-state index is -0.794. The summed E-state index contributed by atoms with van der Waals surface area (Å²) in [6, 6.07) is 4.35. The fraction of sp³-hybridized carbons (Fsp3) is 0.556. The second-order valence-corrected chi connectivity index (χ2v) is 11.6. The van der Waals surface area contributed by atoms with Gasteiger partial charge in [0.1, 0.15) is 6.04 Å². The van der Waals surface area contributed by atoms with Gasteiger partial charge in [0, 0.05) is 69.3 Å². The number of carbonyl (C=O) groups is 3. The van der Waals surface area contributed by atoms with Crippen molar-refractivity contribution in [1.82, 2.24) is 30.7 Å². The monoisotopic (exact) mass is 562 g/mol. The summed E-state index contributed by atoms with van der Waals surface area (Å²) < 4.78 is 0.923. The van der Waals surface area contributed by atoms with Crippen molar-refractivity contribution >= 4 is 50.9 Å². The Hall–Kier alpha value is -2.53. The lowest BCUT2D eigenvalue weighted by molar-refractivity contribution is -0.128. The van der Waals surface area contributed by atoms with E-state index in [2.05, 4.69) is 44.4 Å². The van der Waals surface area contributed by atoms with Crippen molar-refractivity contribution in [3.05, 3.63) is 40.4 Å². The zero-order valence-corrected chi connectivity index (χ0v) is 24.3. The van der Waals surface area contributed by atoms with E-state index in [0.717, 1.165) is 47.8 Å². The highest BCUT2D eigenvalue weighted by Gasteiger charge is 2.27. The smallest absolute Gasteiger partial charge is 0.247 e. The first-order valence-corrected chi connectivity index (χ1v) is 14.2. The number of fused-ring (bicyclic) bond motifs is 1. The van der Waals surface area contributed by atoms with E-state index in [0.29, 0.717) is 17.1 Å². The standard InChI is InChI=1S/C27H39ClN6O3S/c1-6-17(2)23(15-29-26(36)18(3)16-34-11-9-33(5)10-12-34)32-27(37)22(30-19(4)35)14-25-31-21-8-7-20(28)13-24(21)38-25/h7-8,13,17,22-23H,3,6,9-12,14-16H2,1-2,4-5H3,(H,29,36)(H,30,35)(H,32,37)/t17-,22-,23+/m0/s1. The molecule has 0 radical (unpaired) electrons. The van der Waals surface area contributed by atoms with Crippen molar-refractivity contribution in [1.29, 1.82) is 0 Å². The first-order chi connectivity index (χ1) is 18.0. The fourth-order valence-electron chi connectivity index (χ4n) is 4.30. The quantitative estimate of drug-likeness (QED) is 0.343. The number of hydrogen-bond acceptors (Lipinski definition) is 7. The van der Waals surface area contributed by atoms with Crippen molar-refractivity contribution in [2.24, 2.45) is 5.92 Å². The molecule has 0 spiro atoms. The molecule has 1 aromatic carbocycles. The Morgan fingerprint density at radius 2 is 1.89 bits per heavy atom. The van der Waals surface area contributed by atoms with Crippen LogP contribution in [0.2, 0.25) is 5.02 Å². The third-order valence-electron chi connectivity index (χ3n) is 6.94. The highest BCUT2D eigenvalue weighted by Crippen LogP contribution is 2.26. The first-order valence-electron chi connectivity index (χ1n) is 13.0. The lowest BCUT2D eigenvalue weighted by Gasteiger charge is -2.32. The summed E-state index contributed by atoms with van der Waals surface area (Å²) in [6.45, 7) is 14.0. The predicted octanol–water partition coefficient (Wildman–Crippen LogP) is 2.45. The largest absolute Gasteiger partial charge is 0.350 e. The average Bonchev–Trinajstić information content (AvgIpc) is 3.27. The zero-order valence-electron chi connectivity index (χ0n) is 22.7. The molecule has 38 heavy (non-hydrogen) atoms. The van der Waals surface area contributed by atoms with Gasteiger partial charge in [-0.15, -0.1) is 11.3 Å². The van der Waals surface area contributed by atoms with Crippen LogP contribution < -0.4 is 16.0 Å². The van der Waals surface area contributed by atoms with E-state index in [9.17, 15) is 14.4 Å². The Balaban J connectivity index is 1.61.